The topological polar surface area (TPSA) is 108 Å². The van der Waals surface area contributed by atoms with Crippen molar-refractivity contribution >= 4 is 44.8 Å². The number of aromatic nitrogens is 1. The molecule has 200 valence electrons. The molecule has 0 aliphatic carbocycles. The van der Waals surface area contributed by atoms with Gasteiger partial charge in [0, 0.05) is 42.5 Å². The standard InChI is InChI=1S/C28H31ClN4O4S/c1-19(21-7-4-3-5-8-21)31-26(34)15-20-11-13-33(14-12-20)27-25(17-24(18-30-27)38(2,36)37)32-28(35)22-9-6-10-23(29)16-22/h3-10,16-20H,11-15H2,1-2H3,(H,31,34)(H,32,35)/t19-/m0/s1. The normalized spacial score (nSPS) is 15.1. The van der Waals surface area contributed by atoms with Gasteiger partial charge in [-0.25, -0.2) is 13.4 Å². The molecule has 2 aromatic carbocycles. The molecule has 4 rings (SSSR count). The maximum atomic E-state index is 12.9. The Hall–Kier alpha value is -3.43. The number of sulfone groups is 1. The van der Waals surface area contributed by atoms with E-state index in [1.165, 1.54) is 12.3 Å². The van der Waals surface area contributed by atoms with Gasteiger partial charge in [-0.3, -0.25) is 9.59 Å². The zero-order chi connectivity index (χ0) is 27.3. The molecule has 0 bridgehead atoms. The summed E-state index contributed by atoms with van der Waals surface area (Å²) in [6.07, 6.45) is 4.38. The number of pyridine rings is 1. The molecule has 0 spiro atoms. The maximum Gasteiger partial charge on any atom is 0.255 e. The molecular formula is C28H31ClN4O4S. The van der Waals surface area contributed by atoms with Crippen molar-refractivity contribution in [1.29, 1.82) is 0 Å². The van der Waals surface area contributed by atoms with E-state index in [1.54, 1.807) is 24.3 Å². The summed E-state index contributed by atoms with van der Waals surface area (Å²) in [6, 6.07) is 17.7. The zero-order valence-corrected chi connectivity index (χ0v) is 22.9. The third-order valence-electron chi connectivity index (χ3n) is 6.67. The van der Waals surface area contributed by atoms with Gasteiger partial charge in [0.05, 0.1) is 16.6 Å². The molecule has 3 aromatic rings. The minimum absolute atomic E-state index is 0.0155. The highest BCUT2D eigenvalue weighted by atomic mass is 35.5. The van der Waals surface area contributed by atoms with Crippen molar-refractivity contribution in [3.05, 3.63) is 83.0 Å². The average molecular weight is 555 g/mol. The summed E-state index contributed by atoms with van der Waals surface area (Å²) in [6.45, 7) is 3.22. The fourth-order valence-corrected chi connectivity index (χ4v) is 5.31. The van der Waals surface area contributed by atoms with E-state index in [9.17, 15) is 18.0 Å². The van der Waals surface area contributed by atoms with Gasteiger partial charge in [-0.15, -0.1) is 0 Å². The molecule has 0 saturated carbocycles. The summed E-state index contributed by atoms with van der Waals surface area (Å²) in [7, 11) is -3.53. The van der Waals surface area contributed by atoms with Gasteiger partial charge in [-0.2, -0.15) is 0 Å². The monoisotopic (exact) mass is 554 g/mol. The molecule has 1 fully saturated rings. The van der Waals surface area contributed by atoms with E-state index in [1.807, 2.05) is 42.2 Å². The van der Waals surface area contributed by atoms with Gasteiger partial charge in [-0.05, 0) is 55.5 Å². The van der Waals surface area contributed by atoms with Crippen LogP contribution in [0.25, 0.3) is 0 Å². The first-order valence-corrected chi connectivity index (χ1v) is 14.7. The number of piperidine rings is 1. The number of carbonyl (C=O) groups excluding carboxylic acids is 2. The van der Waals surface area contributed by atoms with Crippen molar-refractivity contribution in [3.8, 4) is 0 Å². The molecule has 10 heteroatoms. The van der Waals surface area contributed by atoms with Gasteiger partial charge in [-0.1, -0.05) is 48.0 Å². The molecule has 1 aliphatic heterocycles. The van der Waals surface area contributed by atoms with Crippen molar-refractivity contribution in [2.45, 2.75) is 37.1 Å². The van der Waals surface area contributed by atoms with Crippen LogP contribution in [0.4, 0.5) is 11.5 Å². The summed E-state index contributed by atoms with van der Waals surface area (Å²) in [5.74, 6) is 0.313. The van der Waals surface area contributed by atoms with E-state index in [4.69, 9.17) is 11.6 Å². The highest BCUT2D eigenvalue weighted by Crippen LogP contribution is 2.31. The summed E-state index contributed by atoms with van der Waals surface area (Å²) in [4.78, 5) is 32.0. The molecule has 1 aliphatic rings. The summed E-state index contributed by atoms with van der Waals surface area (Å²) in [5.41, 5.74) is 1.72. The van der Waals surface area contributed by atoms with Gasteiger partial charge in [0.2, 0.25) is 5.91 Å². The highest BCUT2D eigenvalue weighted by molar-refractivity contribution is 7.90. The SMILES string of the molecule is C[C@H](NC(=O)CC1CCN(c2ncc(S(C)(=O)=O)cc2NC(=O)c2cccc(Cl)c2)CC1)c1ccccc1. The lowest BCUT2D eigenvalue weighted by Gasteiger charge is -2.34. The number of anilines is 2. The van der Waals surface area contributed by atoms with E-state index in [-0.39, 0.29) is 22.8 Å². The Kier molecular flexibility index (Phi) is 8.69. The van der Waals surface area contributed by atoms with Crippen molar-refractivity contribution in [2.24, 2.45) is 5.92 Å². The van der Waals surface area contributed by atoms with Crippen LogP contribution in [0.15, 0.2) is 71.8 Å². The Morgan fingerprint density at radius 1 is 1.08 bits per heavy atom. The Morgan fingerprint density at radius 2 is 1.79 bits per heavy atom. The summed E-state index contributed by atoms with van der Waals surface area (Å²) >= 11 is 6.03. The predicted molar refractivity (Wildman–Crippen MR) is 149 cm³/mol. The van der Waals surface area contributed by atoms with E-state index in [0.717, 1.165) is 24.7 Å². The zero-order valence-electron chi connectivity index (χ0n) is 21.4. The van der Waals surface area contributed by atoms with Crippen LogP contribution in [0, 0.1) is 5.92 Å². The second kappa shape index (κ2) is 12.0. The fraction of sp³-hybridized carbons (Fsp3) is 0.321. The minimum atomic E-state index is -3.53. The quantitative estimate of drug-likeness (QED) is 0.411. The van der Waals surface area contributed by atoms with Crippen molar-refractivity contribution < 1.29 is 18.0 Å². The van der Waals surface area contributed by atoms with Crippen LogP contribution >= 0.6 is 11.6 Å². The molecule has 1 aromatic heterocycles. The number of hydrogen-bond acceptors (Lipinski definition) is 6. The molecule has 2 amide bonds. The van der Waals surface area contributed by atoms with E-state index < -0.39 is 15.7 Å². The lowest BCUT2D eigenvalue weighted by Crippen LogP contribution is -2.37. The second-order valence-corrected chi connectivity index (χ2v) is 12.1. The average Bonchev–Trinajstić information content (AvgIpc) is 2.89. The van der Waals surface area contributed by atoms with Gasteiger partial charge in [0.25, 0.3) is 5.91 Å². The third kappa shape index (κ3) is 7.11. The fourth-order valence-electron chi connectivity index (χ4n) is 4.55. The largest absolute Gasteiger partial charge is 0.355 e. The van der Waals surface area contributed by atoms with Crippen molar-refractivity contribution in [1.82, 2.24) is 10.3 Å². The first-order valence-electron chi connectivity index (χ1n) is 12.5. The first kappa shape index (κ1) is 27.6. The lowest BCUT2D eigenvalue weighted by molar-refractivity contribution is -0.122. The number of rotatable bonds is 8. The molecule has 0 unspecified atom stereocenters. The van der Waals surface area contributed by atoms with Gasteiger partial charge < -0.3 is 15.5 Å². The Labute approximate surface area is 228 Å². The number of amides is 2. The number of carbonyl (C=O) groups is 2. The molecular weight excluding hydrogens is 524 g/mol. The Balaban J connectivity index is 1.43. The van der Waals surface area contributed by atoms with E-state index in [2.05, 4.69) is 15.6 Å². The second-order valence-electron chi connectivity index (χ2n) is 9.61. The molecule has 8 nitrogen and oxygen atoms in total. The van der Waals surface area contributed by atoms with E-state index in [0.29, 0.717) is 41.6 Å². The van der Waals surface area contributed by atoms with Crippen molar-refractivity contribution in [2.75, 3.05) is 29.6 Å². The molecule has 2 heterocycles. The maximum absolute atomic E-state index is 12.9. The minimum Gasteiger partial charge on any atom is -0.355 e. The van der Waals surface area contributed by atoms with Crippen LogP contribution in [0.1, 0.15) is 48.1 Å². The van der Waals surface area contributed by atoms with Crippen LogP contribution in [0.2, 0.25) is 5.02 Å². The third-order valence-corrected chi connectivity index (χ3v) is 7.98. The Bertz CT molecular complexity index is 1410. The smallest absolute Gasteiger partial charge is 0.255 e. The molecule has 38 heavy (non-hydrogen) atoms. The van der Waals surface area contributed by atoms with E-state index >= 15 is 0 Å². The van der Waals surface area contributed by atoms with Crippen LogP contribution < -0.4 is 15.5 Å². The van der Waals surface area contributed by atoms with Gasteiger partial charge in [0.15, 0.2) is 15.7 Å². The Morgan fingerprint density at radius 3 is 2.45 bits per heavy atom. The van der Waals surface area contributed by atoms with Crippen LogP contribution in [0.3, 0.4) is 0 Å². The van der Waals surface area contributed by atoms with Gasteiger partial charge in [0.1, 0.15) is 0 Å². The molecule has 1 atom stereocenters. The molecule has 2 N–H and O–H groups in total. The molecule has 0 radical (unpaired) electrons. The molecule has 1 saturated heterocycles. The number of benzene rings is 2. The van der Waals surface area contributed by atoms with Crippen molar-refractivity contribution in [3.63, 3.8) is 0 Å². The predicted octanol–water partition coefficient (Wildman–Crippen LogP) is 4.87. The van der Waals surface area contributed by atoms with Crippen LogP contribution in [-0.2, 0) is 14.6 Å². The van der Waals surface area contributed by atoms with Gasteiger partial charge >= 0.3 is 0 Å². The lowest BCUT2D eigenvalue weighted by atomic mass is 9.93. The summed E-state index contributed by atoms with van der Waals surface area (Å²) < 4.78 is 24.3. The number of nitrogens with one attached hydrogen (secondary N) is 2. The van der Waals surface area contributed by atoms with Crippen LogP contribution in [-0.4, -0.2) is 44.6 Å². The van der Waals surface area contributed by atoms with Crippen LogP contribution in [0.5, 0.6) is 0 Å². The highest BCUT2D eigenvalue weighted by Gasteiger charge is 2.26. The first-order chi connectivity index (χ1) is 18.1. The number of hydrogen-bond donors (Lipinski definition) is 2. The number of halogens is 1. The number of nitrogens with zero attached hydrogens (tertiary/aromatic N) is 2. The summed E-state index contributed by atoms with van der Waals surface area (Å²) in [5, 5.41) is 6.31.